The fourth-order valence-corrected chi connectivity index (χ4v) is 4.51. The number of hydrogen-bond acceptors (Lipinski definition) is 4. The van der Waals surface area contributed by atoms with Crippen LogP contribution in [0.25, 0.3) is 5.69 Å². The van der Waals surface area contributed by atoms with Gasteiger partial charge in [0.2, 0.25) is 0 Å². The molecule has 1 amide bonds. The number of aromatic nitrogens is 3. The largest absolute Gasteiger partial charge is 0.345 e. The monoisotopic (exact) mass is 500 g/mol. The van der Waals surface area contributed by atoms with Crippen molar-refractivity contribution in [2.75, 3.05) is 0 Å². The van der Waals surface area contributed by atoms with Crippen molar-refractivity contribution in [1.29, 1.82) is 0 Å². The second-order valence-electron chi connectivity index (χ2n) is 7.24. The minimum Gasteiger partial charge on any atom is -0.345 e. The average molecular weight is 501 g/mol. The van der Waals surface area contributed by atoms with E-state index in [0.717, 1.165) is 11.1 Å². The van der Waals surface area contributed by atoms with E-state index in [-0.39, 0.29) is 18.3 Å². The third-order valence-electron chi connectivity index (χ3n) is 4.93. The van der Waals surface area contributed by atoms with Crippen LogP contribution in [0.3, 0.4) is 0 Å². The van der Waals surface area contributed by atoms with Gasteiger partial charge in [0.15, 0.2) is 11.0 Å². The number of aryl methyl sites for hydroxylation is 1. The number of halogens is 3. The number of nitrogens with one attached hydrogen (secondary N) is 1. The van der Waals surface area contributed by atoms with Crippen molar-refractivity contribution in [2.24, 2.45) is 0 Å². The number of carbonyl (C=O) groups excluding carboxylic acids is 1. The molecule has 0 bridgehead atoms. The van der Waals surface area contributed by atoms with Gasteiger partial charge in [0.25, 0.3) is 5.91 Å². The van der Waals surface area contributed by atoms with E-state index in [4.69, 9.17) is 23.2 Å². The zero-order valence-corrected chi connectivity index (χ0v) is 19.9. The fraction of sp³-hybridized carbons (Fsp3) is 0.125. The first-order valence-electron chi connectivity index (χ1n) is 10.0. The van der Waals surface area contributed by atoms with Gasteiger partial charge in [-0.2, -0.15) is 0 Å². The number of benzene rings is 3. The highest BCUT2D eigenvalue weighted by atomic mass is 35.5. The Hall–Kier alpha value is -2.87. The van der Waals surface area contributed by atoms with Crippen molar-refractivity contribution in [3.8, 4) is 5.69 Å². The molecule has 1 heterocycles. The highest BCUT2D eigenvalue weighted by Gasteiger charge is 2.19. The van der Waals surface area contributed by atoms with Crippen LogP contribution in [0.1, 0.15) is 27.3 Å². The quantitative estimate of drug-likeness (QED) is 0.305. The first-order valence-corrected chi connectivity index (χ1v) is 11.8. The van der Waals surface area contributed by atoms with Crippen LogP contribution in [-0.4, -0.2) is 20.7 Å². The Morgan fingerprint density at radius 1 is 1.06 bits per heavy atom. The molecule has 1 N–H and O–H groups in total. The Morgan fingerprint density at radius 3 is 2.58 bits per heavy atom. The zero-order valence-electron chi connectivity index (χ0n) is 17.6. The third-order valence-corrected chi connectivity index (χ3v) is 6.48. The molecular formula is C24H19Cl2FN4OS. The molecule has 4 rings (SSSR count). The lowest BCUT2D eigenvalue weighted by Crippen LogP contribution is -2.25. The molecule has 1 aromatic heterocycles. The van der Waals surface area contributed by atoms with Crippen LogP contribution >= 0.6 is 35.0 Å². The highest BCUT2D eigenvalue weighted by molar-refractivity contribution is 7.98. The lowest BCUT2D eigenvalue weighted by Gasteiger charge is -2.13. The second-order valence-corrected chi connectivity index (χ2v) is 9.03. The normalized spacial score (nSPS) is 10.9. The van der Waals surface area contributed by atoms with Gasteiger partial charge < -0.3 is 5.32 Å². The Kier molecular flexibility index (Phi) is 7.33. The predicted octanol–water partition coefficient (Wildman–Crippen LogP) is 6.24. The van der Waals surface area contributed by atoms with E-state index >= 15 is 0 Å². The van der Waals surface area contributed by atoms with Gasteiger partial charge in [-0.25, -0.2) is 4.39 Å². The first-order chi connectivity index (χ1) is 15.9. The van der Waals surface area contributed by atoms with Gasteiger partial charge in [-0.3, -0.25) is 9.36 Å². The highest BCUT2D eigenvalue weighted by Crippen LogP contribution is 2.31. The van der Waals surface area contributed by atoms with E-state index in [1.54, 1.807) is 41.0 Å². The van der Waals surface area contributed by atoms with Crippen LogP contribution in [-0.2, 0) is 12.3 Å². The van der Waals surface area contributed by atoms with E-state index in [2.05, 4.69) is 15.5 Å². The van der Waals surface area contributed by atoms with Crippen molar-refractivity contribution < 1.29 is 9.18 Å². The van der Waals surface area contributed by atoms with Crippen LogP contribution in [0.4, 0.5) is 4.39 Å². The van der Waals surface area contributed by atoms with Crippen LogP contribution in [0.2, 0.25) is 10.0 Å². The fourth-order valence-electron chi connectivity index (χ4n) is 3.22. The molecule has 0 spiro atoms. The van der Waals surface area contributed by atoms with E-state index in [0.29, 0.717) is 38.0 Å². The Balaban J connectivity index is 1.62. The molecule has 0 radical (unpaired) electrons. The SMILES string of the molecule is Cc1ccccc1C(=O)NCc1nnc(SCc2ccc(F)cc2)n1-c1cc(Cl)ccc1Cl. The molecule has 0 aliphatic carbocycles. The van der Waals surface area contributed by atoms with Crippen molar-refractivity contribution in [3.63, 3.8) is 0 Å². The summed E-state index contributed by atoms with van der Waals surface area (Å²) < 4.78 is 15.0. The Bertz CT molecular complexity index is 1290. The molecule has 3 aromatic carbocycles. The first kappa shape index (κ1) is 23.3. The van der Waals surface area contributed by atoms with Crippen molar-refractivity contribution in [2.45, 2.75) is 24.4 Å². The molecule has 33 heavy (non-hydrogen) atoms. The van der Waals surface area contributed by atoms with Gasteiger partial charge in [-0.1, -0.05) is 65.3 Å². The van der Waals surface area contributed by atoms with Gasteiger partial charge in [-0.15, -0.1) is 10.2 Å². The molecule has 0 atom stereocenters. The predicted molar refractivity (Wildman–Crippen MR) is 130 cm³/mol. The van der Waals surface area contributed by atoms with E-state index < -0.39 is 0 Å². The topological polar surface area (TPSA) is 59.8 Å². The van der Waals surface area contributed by atoms with Gasteiger partial charge in [0.05, 0.1) is 17.3 Å². The molecule has 0 saturated heterocycles. The van der Waals surface area contributed by atoms with Crippen LogP contribution < -0.4 is 5.32 Å². The second kappa shape index (κ2) is 10.4. The summed E-state index contributed by atoms with van der Waals surface area (Å²) in [6.07, 6.45) is 0. The molecular weight excluding hydrogens is 482 g/mol. The van der Waals surface area contributed by atoms with Gasteiger partial charge >= 0.3 is 0 Å². The maximum Gasteiger partial charge on any atom is 0.251 e. The molecule has 9 heteroatoms. The average Bonchev–Trinajstić information content (AvgIpc) is 3.21. The lowest BCUT2D eigenvalue weighted by atomic mass is 10.1. The number of thioether (sulfide) groups is 1. The summed E-state index contributed by atoms with van der Waals surface area (Å²) in [7, 11) is 0. The number of rotatable bonds is 7. The minimum absolute atomic E-state index is 0.139. The summed E-state index contributed by atoms with van der Waals surface area (Å²) in [5.41, 5.74) is 3.01. The molecule has 4 aromatic rings. The zero-order chi connectivity index (χ0) is 23.4. The summed E-state index contributed by atoms with van der Waals surface area (Å²) in [5, 5.41) is 13.1. The summed E-state index contributed by atoms with van der Waals surface area (Å²) in [5.74, 6) is 0.555. The van der Waals surface area contributed by atoms with Gasteiger partial charge in [0, 0.05) is 16.3 Å². The lowest BCUT2D eigenvalue weighted by molar-refractivity contribution is 0.0949. The van der Waals surface area contributed by atoms with Crippen molar-refractivity contribution in [3.05, 3.63) is 105 Å². The third kappa shape index (κ3) is 5.55. The maximum atomic E-state index is 13.2. The van der Waals surface area contributed by atoms with Gasteiger partial charge in [0.1, 0.15) is 5.82 Å². The van der Waals surface area contributed by atoms with Gasteiger partial charge in [-0.05, 0) is 54.4 Å². The summed E-state index contributed by atoms with van der Waals surface area (Å²) >= 11 is 14.1. The Morgan fingerprint density at radius 2 is 1.82 bits per heavy atom. The Labute approximate surface area is 204 Å². The minimum atomic E-state index is -0.288. The number of hydrogen-bond donors (Lipinski definition) is 1. The number of amides is 1. The van der Waals surface area contributed by atoms with E-state index in [9.17, 15) is 9.18 Å². The summed E-state index contributed by atoms with van der Waals surface area (Å²) in [6.45, 7) is 2.02. The van der Waals surface area contributed by atoms with Crippen molar-refractivity contribution >= 4 is 40.9 Å². The van der Waals surface area contributed by atoms with E-state index in [1.165, 1.54) is 23.9 Å². The molecule has 5 nitrogen and oxygen atoms in total. The molecule has 0 aliphatic rings. The van der Waals surface area contributed by atoms with Crippen molar-refractivity contribution in [1.82, 2.24) is 20.1 Å². The molecule has 0 aliphatic heterocycles. The standard InChI is InChI=1S/C24H19Cl2FN4OS/c1-15-4-2-3-5-19(15)23(32)28-13-22-29-30-24(33-14-16-6-9-18(27)10-7-16)31(22)21-12-17(25)8-11-20(21)26/h2-12H,13-14H2,1H3,(H,28,32). The summed E-state index contributed by atoms with van der Waals surface area (Å²) in [6, 6.07) is 18.8. The summed E-state index contributed by atoms with van der Waals surface area (Å²) in [4.78, 5) is 12.7. The van der Waals surface area contributed by atoms with Crippen LogP contribution in [0.15, 0.2) is 71.9 Å². The maximum absolute atomic E-state index is 13.2. The number of nitrogens with zero attached hydrogens (tertiary/aromatic N) is 3. The van der Waals surface area contributed by atoms with Crippen LogP contribution in [0.5, 0.6) is 0 Å². The van der Waals surface area contributed by atoms with Crippen LogP contribution in [0, 0.1) is 12.7 Å². The molecule has 0 fully saturated rings. The molecule has 0 unspecified atom stereocenters. The number of carbonyl (C=O) groups is 1. The smallest absolute Gasteiger partial charge is 0.251 e. The molecule has 168 valence electrons. The molecule has 0 saturated carbocycles. The van der Waals surface area contributed by atoms with E-state index in [1.807, 2.05) is 25.1 Å².